The fourth-order valence-corrected chi connectivity index (χ4v) is 1.06. The lowest BCUT2D eigenvalue weighted by atomic mass is 10.1. The highest BCUT2D eigenvalue weighted by Gasteiger charge is 2.20. The molecule has 0 aromatic heterocycles. The van der Waals surface area contributed by atoms with Crippen LogP contribution in [0.25, 0.3) is 0 Å². The van der Waals surface area contributed by atoms with Crippen LogP contribution in [0, 0.1) is 15.9 Å². The van der Waals surface area contributed by atoms with Crippen LogP contribution in [0.1, 0.15) is 11.6 Å². The Morgan fingerprint density at radius 1 is 1.64 bits per heavy atom. The molecule has 1 atom stereocenters. The van der Waals surface area contributed by atoms with Crippen LogP contribution in [0.3, 0.4) is 0 Å². The van der Waals surface area contributed by atoms with Crippen molar-refractivity contribution in [1.82, 2.24) is 0 Å². The topological polar surface area (TPSA) is 89.4 Å². The molecule has 0 fully saturated rings. The number of hydrogen-bond donors (Lipinski definition) is 2. The molecule has 0 radical (unpaired) electrons. The standard InChI is InChI=1S/C8H9FN2O3/c9-8-5(6(10)4-12)2-1-3-7(8)11(13)14/h1-3,6,12H,4,10H2/t6-/m1/s1. The van der Waals surface area contributed by atoms with Crippen molar-refractivity contribution in [2.24, 2.45) is 5.73 Å². The summed E-state index contributed by atoms with van der Waals surface area (Å²) in [6.07, 6.45) is 0. The lowest BCUT2D eigenvalue weighted by Crippen LogP contribution is -2.16. The van der Waals surface area contributed by atoms with Crippen LogP contribution in [-0.2, 0) is 0 Å². The first kappa shape index (κ1) is 10.6. The van der Waals surface area contributed by atoms with Crippen molar-refractivity contribution in [3.63, 3.8) is 0 Å². The Hall–Kier alpha value is -1.53. The van der Waals surface area contributed by atoms with Gasteiger partial charge in [-0.25, -0.2) is 0 Å². The number of nitrogens with zero attached hydrogens (tertiary/aromatic N) is 1. The molecule has 5 nitrogen and oxygen atoms in total. The Morgan fingerprint density at radius 2 is 2.29 bits per heavy atom. The molecule has 0 aliphatic carbocycles. The molecular weight excluding hydrogens is 191 g/mol. The van der Waals surface area contributed by atoms with Crippen molar-refractivity contribution in [3.05, 3.63) is 39.7 Å². The second-order valence-electron chi connectivity index (χ2n) is 2.73. The molecule has 0 unspecified atom stereocenters. The molecule has 6 heteroatoms. The molecule has 0 saturated heterocycles. The molecule has 0 spiro atoms. The van der Waals surface area contributed by atoms with Gasteiger partial charge in [-0.3, -0.25) is 10.1 Å². The van der Waals surface area contributed by atoms with E-state index in [-0.39, 0.29) is 5.56 Å². The summed E-state index contributed by atoms with van der Waals surface area (Å²) < 4.78 is 13.3. The number of aliphatic hydroxyl groups is 1. The summed E-state index contributed by atoms with van der Waals surface area (Å²) in [6, 6.07) is 2.74. The first-order valence-electron chi connectivity index (χ1n) is 3.87. The van der Waals surface area contributed by atoms with E-state index in [1.165, 1.54) is 12.1 Å². The fraction of sp³-hybridized carbons (Fsp3) is 0.250. The fourth-order valence-electron chi connectivity index (χ4n) is 1.06. The lowest BCUT2D eigenvalue weighted by molar-refractivity contribution is -0.387. The lowest BCUT2D eigenvalue weighted by Gasteiger charge is -2.08. The minimum Gasteiger partial charge on any atom is -0.394 e. The number of rotatable bonds is 3. The molecule has 0 bridgehead atoms. The second kappa shape index (κ2) is 4.12. The van der Waals surface area contributed by atoms with Crippen LogP contribution < -0.4 is 5.73 Å². The largest absolute Gasteiger partial charge is 0.394 e. The average molecular weight is 200 g/mol. The van der Waals surface area contributed by atoms with Gasteiger partial charge in [0.25, 0.3) is 0 Å². The van der Waals surface area contributed by atoms with Crippen molar-refractivity contribution in [2.45, 2.75) is 6.04 Å². The first-order chi connectivity index (χ1) is 6.57. The van der Waals surface area contributed by atoms with Crippen molar-refractivity contribution in [3.8, 4) is 0 Å². The van der Waals surface area contributed by atoms with Gasteiger partial charge in [-0.15, -0.1) is 0 Å². The number of aliphatic hydroxyl groups excluding tert-OH is 1. The maximum Gasteiger partial charge on any atom is 0.305 e. The molecule has 0 heterocycles. The van der Waals surface area contributed by atoms with Gasteiger partial charge in [0.1, 0.15) is 0 Å². The Labute approximate surface area is 79.1 Å². The second-order valence-corrected chi connectivity index (χ2v) is 2.73. The van der Waals surface area contributed by atoms with Crippen molar-refractivity contribution in [1.29, 1.82) is 0 Å². The molecule has 3 N–H and O–H groups in total. The van der Waals surface area contributed by atoms with E-state index in [9.17, 15) is 14.5 Å². The summed E-state index contributed by atoms with van der Waals surface area (Å²) in [5.74, 6) is -0.987. The Kier molecular flexibility index (Phi) is 3.10. The first-order valence-corrected chi connectivity index (χ1v) is 3.87. The van der Waals surface area contributed by atoms with Crippen molar-refractivity contribution >= 4 is 5.69 Å². The van der Waals surface area contributed by atoms with Gasteiger partial charge in [-0.2, -0.15) is 4.39 Å². The third kappa shape index (κ3) is 1.86. The zero-order valence-corrected chi connectivity index (χ0v) is 7.18. The molecule has 0 aliphatic rings. The van der Waals surface area contributed by atoms with E-state index in [1.54, 1.807) is 0 Å². The van der Waals surface area contributed by atoms with Crippen LogP contribution in [0.5, 0.6) is 0 Å². The third-order valence-electron chi connectivity index (χ3n) is 1.80. The molecule has 1 aromatic rings. The minimum absolute atomic E-state index is 0.0540. The summed E-state index contributed by atoms with van der Waals surface area (Å²) in [5.41, 5.74) is 4.66. The van der Waals surface area contributed by atoms with Crippen LogP contribution in [0.15, 0.2) is 18.2 Å². The quantitative estimate of drug-likeness (QED) is 0.555. The number of benzene rings is 1. The summed E-state index contributed by atoms with van der Waals surface area (Å²) in [7, 11) is 0. The van der Waals surface area contributed by atoms with Crippen LogP contribution in [0.2, 0.25) is 0 Å². The van der Waals surface area contributed by atoms with Crippen LogP contribution in [0.4, 0.5) is 10.1 Å². The predicted octanol–water partition coefficient (Wildman–Crippen LogP) is 0.726. The van der Waals surface area contributed by atoms with Gasteiger partial charge in [0.2, 0.25) is 5.82 Å². The third-order valence-corrected chi connectivity index (χ3v) is 1.80. The van der Waals surface area contributed by atoms with Gasteiger partial charge >= 0.3 is 5.69 Å². The van der Waals surface area contributed by atoms with E-state index in [0.717, 1.165) is 6.07 Å². The summed E-state index contributed by atoms with van der Waals surface area (Å²) in [4.78, 5) is 9.52. The predicted molar refractivity (Wildman–Crippen MR) is 47.1 cm³/mol. The minimum atomic E-state index is -0.987. The number of hydrogen-bond acceptors (Lipinski definition) is 4. The number of nitro benzene ring substituents is 1. The highest BCUT2D eigenvalue weighted by atomic mass is 19.1. The van der Waals surface area contributed by atoms with E-state index in [4.69, 9.17) is 10.8 Å². The molecule has 0 saturated carbocycles. The van der Waals surface area contributed by atoms with Gasteiger partial charge in [0, 0.05) is 11.6 Å². The Bertz CT molecular complexity index is 356. The molecule has 0 amide bonds. The summed E-state index contributed by atoms with van der Waals surface area (Å²) in [5, 5.41) is 19.0. The molecule has 0 aliphatic heterocycles. The van der Waals surface area contributed by atoms with Gasteiger partial charge in [0.15, 0.2) is 0 Å². The van der Waals surface area contributed by atoms with E-state index in [2.05, 4.69) is 0 Å². The Morgan fingerprint density at radius 3 is 2.79 bits per heavy atom. The highest BCUT2D eigenvalue weighted by Crippen LogP contribution is 2.23. The molecule has 14 heavy (non-hydrogen) atoms. The maximum atomic E-state index is 13.3. The highest BCUT2D eigenvalue weighted by molar-refractivity contribution is 5.38. The molecule has 1 aromatic carbocycles. The molecular formula is C8H9FN2O3. The van der Waals surface area contributed by atoms with Crippen LogP contribution >= 0.6 is 0 Å². The zero-order chi connectivity index (χ0) is 10.7. The van der Waals surface area contributed by atoms with Gasteiger partial charge in [-0.1, -0.05) is 12.1 Å². The monoisotopic (exact) mass is 200 g/mol. The SMILES string of the molecule is N[C@H](CO)c1cccc([N+](=O)[O-])c1F. The number of nitrogens with two attached hydrogens (primary N) is 1. The maximum absolute atomic E-state index is 13.3. The normalized spacial score (nSPS) is 12.5. The zero-order valence-electron chi connectivity index (χ0n) is 7.18. The smallest absolute Gasteiger partial charge is 0.305 e. The average Bonchev–Trinajstić information content (AvgIpc) is 2.16. The van der Waals surface area contributed by atoms with Gasteiger partial charge in [0.05, 0.1) is 17.6 Å². The van der Waals surface area contributed by atoms with Crippen molar-refractivity contribution in [2.75, 3.05) is 6.61 Å². The van der Waals surface area contributed by atoms with Gasteiger partial charge in [-0.05, 0) is 0 Å². The summed E-state index contributed by atoms with van der Waals surface area (Å²) in [6.45, 7) is -0.460. The number of nitro groups is 1. The summed E-state index contributed by atoms with van der Waals surface area (Å²) >= 11 is 0. The number of halogens is 1. The van der Waals surface area contributed by atoms with E-state index in [0.29, 0.717) is 0 Å². The van der Waals surface area contributed by atoms with E-state index >= 15 is 0 Å². The van der Waals surface area contributed by atoms with Crippen LogP contribution in [-0.4, -0.2) is 16.6 Å². The van der Waals surface area contributed by atoms with E-state index < -0.39 is 29.1 Å². The molecule has 76 valence electrons. The van der Waals surface area contributed by atoms with Crippen molar-refractivity contribution < 1.29 is 14.4 Å². The van der Waals surface area contributed by atoms with Gasteiger partial charge < -0.3 is 10.8 Å². The molecule has 1 rings (SSSR count). The Balaban J connectivity index is 3.20. The van der Waals surface area contributed by atoms with E-state index in [1.807, 2.05) is 0 Å².